The zero-order valence-corrected chi connectivity index (χ0v) is 22.0. The van der Waals surface area contributed by atoms with Crippen LogP contribution in [0.3, 0.4) is 0 Å². The molecule has 178 valence electrons. The average molecular weight is 447 g/mol. The molecule has 0 aliphatic heterocycles. The molecule has 0 aliphatic rings. The predicted octanol–water partition coefficient (Wildman–Crippen LogP) is 8.65. The Labute approximate surface area is 202 Å². The summed E-state index contributed by atoms with van der Waals surface area (Å²) in [6.45, 7) is 21.5. The van der Waals surface area contributed by atoms with Gasteiger partial charge in [0, 0.05) is 12.4 Å². The van der Waals surface area contributed by atoms with Gasteiger partial charge < -0.3 is 0 Å². The highest BCUT2D eigenvalue weighted by Crippen LogP contribution is 2.15. The van der Waals surface area contributed by atoms with E-state index in [0.717, 1.165) is 34.2 Å². The van der Waals surface area contributed by atoms with Crippen LogP contribution in [-0.4, -0.2) is 21.4 Å². The third kappa shape index (κ3) is 12.3. The van der Waals surface area contributed by atoms with Crippen LogP contribution >= 0.6 is 0 Å². The fourth-order valence-corrected chi connectivity index (χ4v) is 2.34. The lowest BCUT2D eigenvalue weighted by atomic mass is 10.1. The Morgan fingerprint density at radius 2 is 1.58 bits per heavy atom. The summed E-state index contributed by atoms with van der Waals surface area (Å²) in [7, 11) is 0. The Balaban J connectivity index is 0. The highest BCUT2D eigenvalue weighted by atomic mass is 14.9. The maximum absolute atomic E-state index is 4.79. The van der Waals surface area contributed by atoms with Crippen LogP contribution in [0.4, 0.5) is 0 Å². The van der Waals surface area contributed by atoms with Crippen molar-refractivity contribution in [2.45, 2.75) is 62.3 Å². The predicted molar refractivity (Wildman–Crippen MR) is 149 cm³/mol. The first-order valence-electron chi connectivity index (χ1n) is 11.8. The normalized spacial score (nSPS) is 11.6. The standard InChI is InChI=1S/C23H24N4.3C2H6/c1-5-8-16-24-18(4)19(7-3)26-21(12-6-2)23-15-11-14-22(27-23)20-13-9-10-17-25-20;3*1-2/h5-17H,1H2,2-4H3;3*1-2H3/b12-6-,16-8-,19-7-,24-18+,26-21+;;;. The number of pyridine rings is 2. The van der Waals surface area contributed by atoms with E-state index in [1.165, 1.54) is 0 Å². The number of hydrogen-bond donors (Lipinski definition) is 0. The van der Waals surface area contributed by atoms with E-state index in [-0.39, 0.29) is 0 Å². The molecule has 2 aromatic rings. The van der Waals surface area contributed by atoms with Crippen molar-refractivity contribution in [2.75, 3.05) is 0 Å². The fraction of sp³-hybridized carbons (Fsp3) is 0.310. The van der Waals surface area contributed by atoms with E-state index < -0.39 is 0 Å². The summed E-state index contributed by atoms with van der Waals surface area (Å²) in [4.78, 5) is 18.3. The van der Waals surface area contributed by atoms with Gasteiger partial charge in [-0.05, 0) is 57.2 Å². The third-order valence-corrected chi connectivity index (χ3v) is 3.64. The zero-order chi connectivity index (χ0) is 25.5. The van der Waals surface area contributed by atoms with Crippen molar-refractivity contribution in [1.82, 2.24) is 9.97 Å². The number of allylic oxidation sites excluding steroid dienone is 6. The van der Waals surface area contributed by atoms with Gasteiger partial charge in [0.2, 0.25) is 0 Å². The summed E-state index contributed by atoms with van der Waals surface area (Å²) in [5.74, 6) is 0. The Morgan fingerprint density at radius 3 is 2.12 bits per heavy atom. The van der Waals surface area contributed by atoms with Gasteiger partial charge >= 0.3 is 0 Å². The third-order valence-electron chi connectivity index (χ3n) is 3.64. The molecule has 0 unspecified atom stereocenters. The largest absolute Gasteiger partial charge is 0.259 e. The number of rotatable bonds is 7. The number of nitrogens with zero attached hydrogens (tertiary/aromatic N) is 4. The molecule has 0 spiro atoms. The van der Waals surface area contributed by atoms with Gasteiger partial charge in [0.15, 0.2) is 0 Å². The van der Waals surface area contributed by atoms with Gasteiger partial charge in [-0.1, -0.05) is 78.5 Å². The second-order valence-electron chi connectivity index (χ2n) is 5.59. The van der Waals surface area contributed by atoms with Crippen LogP contribution < -0.4 is 0 Å². The zero-order valence-electron chi connectivity index (χ0n) is 22.0. The number of aliphatic imine (C=N–C) groups is 2. The van der Waals surface area contributed by atoms with Crippen LogP contribution in [0.25, 0.3) is 11.4 Å². The minimum absolute atomic E-state index is 0.769. The van der Waals surface area contributed by atoms with Crippen LogP contribution in [0, 0.1) is 0 Å². The molecule has 0 fully saturated rings. The first-order chi connectivity index (χ1) is 16.2. The molecule has 4 heteroatoms. The maximum atomic E-state index is 4.79. The lowest BCUT2D eigenvalue weighted by Gasteiger charge is -2.07. The Hall–Kier alpha value is -3.40. The second kappa shape index (κ2) is 21.8. The van der Waals surface area contributed by atoms with Crippen LogP contribution in [-0.2, 0) is 0 Å². The van der Waals surface area contributed by atoms with Crippen LogP contribution in [0.2, 0.25) is 0 Å². The smallest absolute Gasteiger partial charge is 0.0894 e. The molecular weight excluding hydrogens is 404 g/mol. The SMILES string of the molecule is C=C\C=C/N=C(C)/C(=C/C)/N=C(\C=C/C)c1cccc(-c2ccccn2)n1.CC.CC.CC. The lowest BCUT2D eigenvalue weighted by molar-refractivity contribution is 1.23. The topological polar surface area (TPSA) is 50.5 Å². The summed E-state index contributed by atoms with van der Waals surface area (Å²) >= 11 is 0. The van der Waals surface area contributed by atoms with Gasteiger partial charge in [-0.2, -0.15) is 0 Å². The minimum atomic E-state index is 0.769. The molecular formula is C29H42N4. The van der Waals surface area contributed by atoms with Crippen LogP contribution in [0.5, 0.6) is 0 Å². The van der Waals surface area contributed by atoms with E-state index in [4.69, 9.17) is 9.98 Å². The second-order valence-corrected chi connectivity index (χ2v) is 5.59. The van der Waals surface area contributed by atoms with Gasteiger partial charge in [-0.15, -0.1) is 0 Å². The molecule has 0 saturated carbocycles. The number of hydrogen-bond acceptors (Lipinski definition) is 4. The molecule has 0 bridgehead atoms. The van der Waals surface area contributed by atoms with E-state index in [9.17, 15) is 0 Å². The van der Waals surface area contributed by atoms with E-state index >= 15 is 0 Å². The quantitative estimate of drug-likeness (QED) is 0.315. The van der Waals surface area contributed by atoms with Gasteiger partial charge in [-0.3, -0.25) is 9.98 Å². The Morgan fingerprint density at radius 1 is 0.909 bits per heavy atom. The fourth-order valence-electron chi connectivity index (χ4n) is 2.34. The maximum Gasteiger partial charge on any atom is 0.0894 e. The van der Waals surface area contributed by atoms with Crippen molar-refractivity contribution in [1.29, 1.82) is 0 Å². The first-order valence-corrected chi connectivity index (χ1v) is 11.8. The molecule has 2 aromatic heterocycles. The Kier molecular flexibility index (Phi) is 21.0. The van der Waals surface area contributed by atoms with Crippen molar-refractivity contribution < 1.29 is 0 Å². The summed E-state index contributed by atoms with van der Waals surface area (Å²) in [6.07, 6.45) is 12.8. The molecule has 0 atom stereocenters. The highest BCUT2D eigenvalue weighted by molar-refractivity contribution is 6.11. The van der Waals surface area contributed by atoms with E-state index in [1.807, 2.05) is 117 Å². The van der Waals surface area contributed by atoms with Gasteiger partial charge in [0.05, 0.1) is 34.2 Å². The van der Waals surface area contributed by atoms with E-state index in [0.29, 0.717) is 0 Å². The summed E-state index contributed by atoms with van der Waals surface area (Å²) in [5, 5.41) is 0. The van der Waals surface area contributed by atoms with Gasteiger partial charge in [-0.25, -0.2) is 9.98 Å². The van der Waals surface area contributed by atoms with E-state index in [2.05, 4.69) is 16.6 Å². The van der Waals surface area contributed by atoms with Crippen molar-refractivity contribution in [3.8, 4) is 11.4 Å². The highest BCUT2D eigenvalue weighted by Gasteiger charge is 2.08. The Bertz CT molecular complexity index is 918. The molecule has 0 radical (unpaired) electrons. The molecule has 0 aromatic carbocycles. The molecule has 0 N–H and O–H groups in total. The first kappa shape index (κ1) is 31.8. The van der Waals surface area contributed by atoms with Crippen molar-refractivity contribution >= 4 is 11.4 Å². The average Bonchev–Trinajstić information content (AvgIpc) is 2.90. The van der Waals surface area contributed by atoms with Crippen LogP contribution in [0.15, 0.2) is 101 Å². The molecule has 0 amide bonds. The van der Waals surface area contributed by atoms with Crippen LogP contribution in [0.1, 0.15) is 68.0 Å². The number of aromatic nitrogens is 2. The molecule has 2 heterocycles. The lowest BCUT2D eigenvalue weighted by Crippen LogP contribution is -2.05. The molecule has 4 nitrogen and oxygen atoms in total. The van der Waals surface area contributed by atoms with Crippen molar-refractivity contribution in [3.05, 3.63) is 97.1 Å². The molecule has 33 heavy (non-hydrogen) atoms. The summed E-state index contributed by atoms with van der Waals surface area (Å²) < 4.78 is 0. The van der Waals surface area contributed by atoms with Gasteiger partial charge in [0.1, 0.15) is 0 Å². The van der Waals surface area contributed by atoms with Crippen molar-refractivity contribution in [3.63, 3.8) is 0 Å². The summed E-state index contributed by atoms with van der Waals surface area (Å²) in [6, 6.07) is 11.6. The van der Waals surface area contributed by atoms with E-state index in [1.54, 1.807) is 24.5 Å². The minimum Gasteiger partial charge on any atom is -0.259 e. The summed E-state index contributed by atoms with van der Waals surface area (Å²) in [5.41, 5.74) is 4.81. The van der Waals surface area contributed by atoms with Crippen molar-refractivity contribution in [2.24, 2.45) is 9.98 Å². The molecule has 0 saturated heterocycles. The van der Waals surface area contributed by atoms with Gasteiger partial charge in [0.25, 0.3) is 0 Å². The molecule has 2 rings (SSSR count). The molecule has 0 aliphatic carbocycles. The monoisotopic (exact) mass is 446 g/mol.